The molecule has 1 heterocycles. The molecule has 70 valence electrons. The van der Waals surface area contributed by atoms with Crippen molar-refractivity contribution in [3.05, 3.63) is 0 Å². The molecule has 1 aliphatic rings. The minimum Gasteiger partial charge on any atom is -0.370 e. The summed E-state index contributed by atoms with van der Waals surface area (Å²) in [6.07, 6.45) is 1.26. The summed E-state index contributed by atoms with van der Waals surface area (Å²) in [5.74, 6) is 1.28. The van der Waals surface area contributed by atoms with Crippen LogP contribution in [0, 0.1) is 5.92 Å². The summed E-state index contributed by atoms with van der Waals surface area (Å²) in [4.78, 5) is 6.18. The van der Waals surface area contributed by atoms with E-state index in [-0.39, 0.29) is 0 Å². The maximum Gasteiger partial charge on any atom is 0.188 e. The van der Waals surface area contributed by atoms with Crippen LogP contribution in [0.25, 0.3) is 0 Å². The summed E-state index contributed by atoms with van der Waals surface area (Å²) >= 11 is 0. The van der Waals surface area contributed by atoms with Gasteiger partial charge in [-0.3, -0.25) is 4.99 Å². The lowest BCUT2D eigenvalue weighted by Crippen LogP contribution is -2.35. The van der Waals surface area contributed by atoms with Gasteiger partial charge in [0.05, 0.1) is 0 Å². The summed E-state index contributed by atoms with van der Waals surface area (Å²) in [5.41, 5.74) is 5.51. The third kappa shape index (κ3) is 2.70. The molecule has 1 unspecified atom stereocenters. The van der Waals surface area contributed by atoms with Crippen LogP contribution in [0.1, 0.15) is 6.42 Å². The molecule has 1 saturated heterocycles. The summed E-state index contributed by atoms with van der Waals surface area (Å²) in [6, 6.07) is 0. The van der Waals surface area contributed by atoms with E-state index in [2.05, 4.69) is 22.3 Å². The summed E-state index contributed by atoms with van der Waals surface area (Å²) in [6.45, 7) is 3.33. The Labute approximate surface area is 73.8 Å². The molecular weight excluding hydrogens is 152 g/mol. The minimum absolute atomic E-state index is 0.546. The highest BCUT2D eigenvalue weighted by Crippen LogP contribution is 2.12. The van der Waals surface area contributed by atoms with Crippen molar-refractivity contribution in [2.45, 2.75) is 6.42 Å². The Morgan fingerprint density at radius 1 is 1.75 bits per heavy atom. The van der Waals surface area contributed by atoms with Gasteiger partial charge in [-0.05, 0) is 25.9 Å². The highest BCUT2D eigenvalue weighted by Gasteiger charge is 2.18. The predicted molar refractivity (Wildman–Crippen MR) is 51.2 cm³/mol. The topological polar surface area (TPSA) is 53.6 Å². The van der Waals surface area contributed by atoms with E-state index in [1.807, 2.05) is 0 Å². The molecule has 0 spiro atoms. The Kier molecular flexibility index (Phi) is 3.34. The van der Waals surface area contributed by atoms with Crippen LogP contribution in [0.5, 0.6) is 0 Å². The second-order valence-corrected chi connectivity index (χ2v) is 3.41. The van der Waals surface area contributed by atoms with E-state index < -0.39 is 0 Å². The van der Waals surface area contributed by atoms with Crippen molar-refractivity contribution in [3.8, 4) is 0 Å². The summed E-state index contributed by atoms with van der Waals surface area (Å²) in [7, 11) is 3.85. The highest BCUT2D eigenvalue weighted by molar-refractivity contribution is 5.77. The van der Waals surface area contributed by atoms with Gasteiger partial charge in [-0.1, -0.05) is 0 Å². The average Bonchev–Trinajstić information content (AvgIpc) is 2.47. The highest BCUT2D eigenvalue weighted by atomic mass is 15.1. The van der Waals surface area contributed by atoms with E-state index in [4.69, 9.17) is 5.73 Å². The molecule has 0 radical (unpaired) electrons. The van der Waals surface area contributed by atoms with Gasteiger partial charge in [-0.2, -0.15) is 0 Å². The first-order valence-corrected chi connectivity index (χ1v) is 4.37. The van der Waals surface area contributed by atoms with Gasteiger partial charge in [0.15, 0.2) is 5.96 Å². The molecule has 0 aromatic rings. The molecule has 0 saturated carbocycles. The Morgan fingerprint density at radius 3 is 3.00 bits per heavy atom. The number of nitrogens with one attached hydrogen (secondary N) is 1. The number of guanidine groups is 1. The van der Waals surface area contributed by atoms with E-state index >= 15 is 0 Å². The lowest BCUT2D eigenvalue weighted by Gasteiger charge is -2.11. The SMILES string of the molecule is CN=C(N)NCC1CCN(C)C1. The van der Waals surface area contributed by atoms with Crippen LogP contribution in [-0.4, -0.2) is 44.6 Å². The zero-order valence-corrected chi connectivity index (χ0v) is 7.88. The molecule has 1 atom stereocenters. The van der Waals surface area contributed by atoms with Gasteiger partial charge >= 0.3 is 0 Å². The summed E-state index contributed by atoms with van der Waals surface area (Å²) in [5, 5.41) is 3.10. The van der Waals surface area contributed by atoms with Crippen LogP contribution >= 0.6 is 0 Å². The van der Waals surface area contributed by atoms with Crippen molar-refractivity contribution in [2.24, 2.45) is 16.6 Å². The number of likely N-dealkylation sites (tertiary alicyclic amines) is 1. The second kappa shape index (κ2) is 4.30. The van der Waals surface area contributed by atoms with Crippen molar-refractivity contribution in [1.82, 2.24) is 10.2 Å². The van der Waals surface area contributed by atoms with Crippen molar-refractivity contribution in [1.29, 1.82) is 0 Å². The number of hydrogen-bond acceptors (Lipinski definition) is 2. The normalized spacial score (nSPS) is 26.2. The molecule has 1 rings (SSSR count). The molecule has 4 nitrogen and oxygen atoms in total. The number of rotatable bonds is 2. The van der Waals surface area contributed by atoms with Crippen LogP contribution in [-0.2, 0) is 0 Å². The van der Waals surface area contributed by atoms with Crippen molar-refractivity contribution in [2.75, 3.05) is 33.7 Å². The standard InChI is InChI=1S/C8H18N4/c1-10-8(9)11-5-7-3-4-12(2)6-7/h7H,3-6H2,1-2H3,(H3,9,10,11). The molecule has 4 heteroatoms. The first-order chi connectivity index (χ1) is 5.72. The lowest BCUT2D eigenvalue weighted by atomic mass is 10.1. The van der Waals surface area contributed by atoms with E-state index in [1.54, 1.807) is 7.05 Å². The van der Waals surface area contributed by atoms with Gasteiger partial charge in [0.25, 0.3) is 0 Å². The zero-order chi connectivity index (χ0) is 8.97. The van der Waals surface area contributed by atoms with Crippen molar-refractivity contribution >= 4 is 5.96 Å². The molecule has 0 amide bonds. The van der Waals surface area contributed by atoms with E-state index in [9.17, 15) is 0 Å². The fraction of sp³-hybridized carbons (Fsp3) is 0.875. The van der Waals surface area contributed by atoms with Gasteiger partial charge in [0, 0.05) is 20.1 Å². The Hall–Kier alpha value is -0.770. The molecule has 1 aliphatic heterocycles. The van der Waals surface area contributed by atoms with Gasteiger partial charge in [0.1, 0.15) is 0 Å². The van der Waals surface area contributed by atoms with Gasteiger partial charge in [-0.25, -0.2) is 0 Å². The monoisotopic (exact) mass is 170 g/mol. The molecule has 3 N–H and O–H groups in total. The van der Waals surface area contributed by atoms with Crippen LogP contribution in [0.3, 0.4) is 0 Å². The number of hydrogen-bond donors (Lipinski definition) is 2. The molecule has 1 fully saturated rings. The Balaban J connectivity index is 2.16. The predicted octanol–water partition coefficient (Wildman–Crippen LogP) is -0.528. The third-order valence-electron chi connectivity index (χ3n) is 2.30. The summed E-state index contributed by atoms with van der Waals surface area (Å²) < 4.78 is 0. The zero-order valence-electron chi connectivity index (χ0n) is 7.88. The second-order valence-electron chi connectivity index (χ2n) is 3.41. The quantitative estimate of drug-likeness (QED) is 0.433. The fourth-order valence-corrected chi connectivity index (χ4v) is 1.52. The van der Waals surface area contributed by atoms with Crippen LogP contribution in [0.4, 0.5) is 0 Å². The molecule has 12 heavy (non-hydrogen) atoms. The van der Waals surface area contributed by atoms with Gasteiger partial charge in [0.2, 0.25) is 0 Å². The van der Waals surface area contributed by atoms with E-state index in [1.165, 1.54) is 19.5 Å². The Bertz CT molecular complexity index is 166. The smallest absolute Gasteiger partial charge is 0.188 e. The van der Waals surface area contributed by atoms with E-state index in [0.29, 0.717) is 5.96 Å². The van der Waals surface area contributed by atoms with Crippen molar-refractivity contribution < 1.29 is 0 Å². The Morgan fingerprint density at radius 2 is 2.50 bits per heavy atom. The first kappa shape index (κ1) is 9.32. The molecule has 0 aliphatic carbocycles. The minimum atomic E-state index is 0.546. The van der Waals surface area contributed by atoms with E-state index in [0.717, 1.165) is 12.5 Å². The fourth-order valence-electron chi connectivity index (χ4n) is 1.52. The van der Waals surface area contributed by atoms with Gasteiger partial charge in [-0.15, -0.1) is 0 Å². The molecule has 0 bridgehead atoms. The van der Waals surface area contributed by atoms with Crippen LogP contribution in [0.2, 0.25) is 0 Å². The molecule has 0 aromatic carbocycles. The number of nitrogens with two attached hydrogens (primary N) is 1. The number of nitrogens with zero attached hydrogens (tertiary/aromatic N) is 2. The maximum absolute atomic E-state index is 5.51. The maximum atomic E-state index is 5.51. The average molecular weight is 170 g/mol. The van der Waals surface area contributed by atoms with Gasteiger partial charge < -0.3 is 16.0 Å². The van der Waals surface area contributed by atoms with Crippen molar-refractivity contribution in [3.63, 3.8) is 0 Å². The van der Waals surface area contributed by atoms with Crippen LogP contribution in [0.15, 0.2) is 4.99 Å². The third-order valence-corrected chi connectivity index (χ3v) is 2.30. The molecular formula is C8H18N4. The number of aliphatic imine (C=N–C) groups is 1. The largest absolute Gasteiger partial charge is 0.370 e. The molecule has 0 aromatic heterocycles. The van der Waals surface area contributed by atoms with Crippen LogP contribution < -0.4 is 11.1 Å². The lowest BCUT2D eigenvalue weighted by molar-refractivity contribution is 0.394. The first-order valence-electron chi connectivity index (χ1n) is 4.37.